The fraction of sp³-hybridized carbons (Fsp3) is 0.500. The molecule has 2 N–H and O–H groups in total. The van der Waals surface area contributed by atoms with E-state index in [1.807, 2.05) is 0 Å². The van der Waals surface area contributed by atoms with Crippen LogP contribution in [0.1, 0.15) is 5.69 Å². The van der Waals surface area contributed by atoms with Crippen LogP contribution in [0, 0.1) is 6.92 Å². The van der Waals surface area contributed by atoms with Gasteiger partial charge in [-0.1, -0.05) is 10.3 Å². The molecule has 0 saturated carbocycles. The van der Waals surface area contributed by atoms with E-state index in [0.717, 1.165) is 0 Å². The maximum absolute atomic E-state index is 5.29. The molecule has 0 amide bonds. The first kappa shape index (κ1) is 9.37. The van der Waals surface area contributed by atoms with Gasteiger partial charge in [-0.2, -0.15) is 4.80 Å². The molecular formula is C6H9N7O2. The number of rotatable bonds is 4. The second-order valence-electron chi connectivity index (χ2n) is 2.75. The standard InChI is InChI=1S/C6H9N7O2/c1-4-5(11-15-10-4)14-3-2-13-9-6(7)8-12-13/h2-3H2,1H3,(H2,7,9). The molecule has 2 aromatic rings. The Morgan fingerprint density at radius 2 is 2.33 bits per heavy atom. The maximum Gasteiger partial charge on any atom is 0.278 e. The van der Waals surface area contributed by atoms with Crippen LogP contribution in [0.25, 0.3) is 0 Å². The molecule has 0 bridgehead atoms. The monoisotopic (exact) mass is 211 g/mol. The van der Waals surface area contributed by atoms with Crippen LogP contribution in [0.4, 0.5) is 5.95 Å². The molecule has 2 rings (SSSR count). The van der Waals surface area contributed by atoms with Crippen molar-refractivity contribution < 1.29 is 9.37 Å². The minimum atomic E-state index is 0.134. The zero-order valence-corrected chi connectivity index (χ0v) is 7.99. The summed E-state index contributed by atoms with van der Waals surface area (Å²) in [6.45, 7) is 2.50. The average Bonchev–Trinajstić information content (AvgIpc) is 2.77. The van der Waals surface area contributed by atoms with Crippen molar-refractivity contribution in [2.24, 2.45) is 0 Å². The topological polar surface area (TPSA) is 118 Å². The van der Waals surface area contributed by atoms with E-state index in [0.29, 0.717) is 24.7 Å². The van der Waals surface area contributed by atoms with Crippen LogP contribution in [-0.4, -0.2) is 37.1 Å². The second-order valence-corrected chi connectivity index (χ2v) is 2.75. The highest BCUT2D eigenvalue weighted by Gasteiger charge is 2.06. The Labute approximate surface area is 84.2 Å². The highest BCUT2D eigenvalue weighted by atomic mass is 16.6. The van der Waals surface area contributed by atoms with Crippen molar-refractivity contribution in [3.05, 3.63) is 5.69 Å². The minimum Gasteiger partial charge on any atom is -0.472 e. The third-order valence-corrected chi connectivity index (χ3v) is 1.61. The highest BCUT2D eigenvalue weighted by molar-refractivity contribution is 5.11. The van der Waals surface area contributed by atoms with E-state index < -0.39 is 0 Å². The normalized spacial score (nSPS) is 10.5. The predicted octanol–water partition coefficient (Wildman–Crippen LogP) is -0.974. The Morgan fingerprint density at radius 1 is 1.47 bits per heavy atom. The molecule has 0 fully saturated rings. The summed E-state index contributed by atoms with van der Waals surface area (Å²) in [7, 11) is 0. The smallest absolute Gasteiger partial charge is 0.278 e. The number of anilines is 1. The minimum absolute atomic E-state index is 0.134. The SMILES string of the molecule is Cc1nonc1OCCn1nnc(N)n1. The predicted molar refractivity (Wildman–Crippen MR) is 46.8 cm³/mol. The van der Waals surface area contributed by atoms with Gasteiger partial charge in [-0.15, -0.1) is 5.10 Å². The van der Waals surface area contributed by atoms with Gasteiger partial charge in [-0.25, -0.2) is 4.63 Å². The van der Waals surface area contributed by atoms with Gasteiger partial charge in [0.05, 0.1) is 6.54 Å². The molecule has 2 aromatic heterocycles. The van der Waals surface area contributed by atoms with Gasteiger partial charge in [0.15, 0.2) is 0 Å². The molecule has 0 radical (unpaired) electrons. The van der Waals surface area contributed by atoms with Crippen LogP contribution < -0.4 is 10.5 Å². The zero-order chi connectivity index (χ0) is 10.7. The van der Waals surface area contributed by atoms with Crippen molar-refractivity contribution >= 4 is 5.95 Å². The molecule has 0 unspecified atom stereocenters. The summed E-state index contributed by atoms with van der Waals surface area (Å²) in [6.07, 6.45) is 0. The van der Waals surface area contributed by atoms with E-state index in [-0.39, 0.29) is 5.95 Å². The van der Waals surface area contributed by atoms with E-state index in [9.17, 15) is 0 Å². The summed E-state index contributed by atoms with van der Waals surface area (Å²) in [5, 5.41) is 18.1. The maximum atomic E-state index is 5.29. The lowest BCUT2D eigenvalue weighted by Gasteiger charge is -2.00. The molecule has 0 aliphatic carbocycles. The fourth-order valence-electron chi connectivity index (χ4n) is 0.929. The number of ether oxygens (including phenoxy) is 1. The summed E-state index contributed by atoms with van der Waals surface area (Å²) in [6, 6.07) is 0. The summed E-state index contributed by atoms with van der Waals surface area (Å²) in [5.41, 5.74) is 5.88. The summed E-state index contributed by atoms with van der Waals surface area (Å²) in [5.74, 6) is 0.498. The van der Waals surface area contributed by atoms with Gasteiger partial charge in [-0.3, -0.25) is 0 Å². The van der Waals surface area contributed by atoms with Crippen LogP contribution in [-0.2, 0) is 6.54 Å². The first-order chi connectivity index (χ1) is 7.25. The molecule has 2 heterocycles. The molecule has 9 nitrogen and oxygen atoms in total. The van der Waals surface area contributed by atoms with E-state index in [4.69, 9.17) is 10.5 Å². The van der Waals surface area contributed by atoms with E-state index >= 15 is 0 Å². The first-order valence-electron chi connectivity index (χ1n) is 4.21. The quantitative estimate of drug-likeness (QED) is 0.685. The molecule has 0 spiro atoms. The van der Waals surface area contributed by atoms with Crippen LogP contribution in [0.5, 0.6) is 5.88 Å². The number of aryl methyl sites for hydroxylation is 1. The van der Waals surface area contributed by atoms with Crippen molar-refractivity contribution in [2.45, 2.75) is 13.5 Å². The van der Waals surface area contributed by atoms with Crippen LogP contribution in [0.2, 0.25) is 0 Å². The lowest BCUT2D eigenvalue weighted by molar-refractivity contribution is 0.239. The van der Waals surface area contributed by atoms with Crippen molar-refractivity contribution in [3.63, 3.8) is 0 Å². The number of nitrogens with two attached hydrogens (primary N) is 1. The Hall–Kier alpha value is -2.19. The number of tetrazole rings is 1. The third-order valence-electron chi connectivity index (χ3n) is 1.61. The average molecular weight is 211 g/mol. The Balaban J connectivity index is 1.83. The molecule has 0 aromatic carbocycles. The Morgan fingerprint density at radius 3 is 2.93 bits per heavy atom. The molecule has 0 atom stereocenters. The third kappa shape index (κ3) is 2.18. The first-order valence-corrected chi connectivity index (χ1v) is 4.21. The second kappa shape index (κ2) is 3.90. The number of nitrogen functional groups attached to an aromatic ring is 1. The van der Waals surface area contributed by atoms with Crippen molar-refractivity contribution in [2.75, 3.05) is 12.3 Å². The molecule has 0 aliphatic rings. The zero-order valence-electron chi connectivity index (χ0n) is 7.99. The van der Waals surface area contributed by atoms with Gasteiger partial charge in [0.2, 0.25) is 0 Å². The molecule has 9 heteroatoms. The van der Waals surface area contributed by atoms with Gasteiger partial charge in [0.1, 0.15) is 12.3 Å². The summed E-state index contributed by atoms with van der Waals surface area (Å²) < 4.78 is 9.71. The van der Waals surface area contributed by atoms with Crippen molar-refractivity contribution in [1.82, 2.24) is 30.5 Å². The van der Waals surface area contributed by atoms with Crippen LogP contribution in [0.15, 0.2) is 4.63 Å². The van der Waals surface area contributed by atoms with Gasteiger partial charge in [0, 0.05) is 0 Å². The largest absolute Gasteiger partial charge is 0.472 e. The molecule has 15 heavy (non-hydrogen) atoms. The number of hydrogen-bond acceptors (Lipinski definition) is 8. The molecular weight excluding hydrogens is 202 g/mol. The highest BCUT2D eigenvalue weighted by Crippen LogP contribution is 2.09. The molecule has 80 valence electrons. The van der Waals surface area contributed by atoms with Gasteiger partial charge >= 0.3 is 0 Å². The molecule has 0 aliphatic heterocycles. The van der Waals surface area contributed by atoms with Crippen molar-refractivity contribution in [3.8, 4) is 5.88 Å². The van der Waals surface area contributed by atoms with Gasteiger partial charge < -0.3 is 10.5 Å². The number of hydrogen-bond donors (Lipinski definition) is 1. The van der Waals surface area contributed by atoms with Gasteiger partial charge in [-0.05, 0) is 17.3 Å². The molecule has 0 saturated heterocycles. The van der Waals surface area contributed by atoms with E-state index in [1.54, 1.807) is 6.92 Å². The van der Waals surface area contributed by atoms with Crippen LogP contribution in [0.3, 0.4) is 0 Å². The van der Waals surface area contributed by atoms with E-state index in [2.05, 4.69) is 30.4 Å². The Bertz CT molecular complexity index is 436. The number of aromatic nitrogens is 6. The Kier molecular flexibility index (Phi) is 2.44. The summed E-state index contributed by atoms with van der Waals surface area (Å²) >= 11 is 0. The van der Waals surface area contributed by atoms with Gasteiger partial charge in [0.25, 0.3) is 11.8 Å². The lowest BCUT2D eigenvalue weighted by Crippen LogP contribution is -2.11. The van der Waals surface area contributed by atoms with E-state index in [1.165, 1.54) is 4.80 Å². The fourth-order valence-corrected chi connectivity index (χ4v) is 0.929. The van der Waals surface area contributed by atoms with Crippen molar-refractivity contribution in [1.29, 1.82) is 0 Å². The van der Waals surface area contributed by atoms with Crippen LogP contribution >= 0.6 is 0 Å². The number of nitrogens with zero attached hydrogens (tertiary/aromatic N) is 6. The summed E-state index contributed by atoms with van der Waals surface area (Å²) in [4.78, 5) is 1.33. The lowest BCUT2D eigenvalue weighted by atomic mass is 10.5.